The van der Waals surface area contributed by atoms with E-state index in [1.54, 1.807) is 0 Å². The molecular weight excluding hydrogens is 819 g/mol. The molecule has 334 valence electrons. The third-order valence-electron chi connectivity index (χ3n) is 16.4. The van der Waals surface area contributed by atoms with Crippen molar-refractivity contribution in [3.8, 4) is 11.8 Å². The molecule has 2 N–H and O–H groups in total. The van der Waals surface area contributed by atoms with Crippen LogP contribution < -0.4 is 20.4 Å². The number of aromatic nitrogens is 1. The van der Waals surface area contributed by atoms with Crippen molar-refractivity contribution < 1.29 is 0 Å². The third-order valence-corrected chi connectivity index (χ3v) is 16.4. The molecule has 4 aromatic carbocycles. The van der Waals surface area contributed by atoms with E-state index in [9.17, 15) is 5.26 Å². The van der Waals surface area contributed by atoms with E-state index < -0.39 is 0 Å². The topological polar surface area (TPSA) is 71.6 Å². The van der Waals surface area contributed by atoms with Gasteiger partial charge in [-0.1, -0.05) is 104 Å². The summed E-state index contributed by atoms with van der Waals surface area (Å²) in [5.41, 5.74) is 17.1. The normalized spacial score (nSPS) is 27.7. The van der Waals surface area contributed by atoms with Crippen LogP contribution in [0.2, 0.25) is 0 Å². The van der Waals surface area contributed by atoms with Gasteiger partial charge in [0.15, 0.2) is 0 Å². The quantitative estimate of drug-likeness (QED) is 0.166. The summed E-state index contributed by atoms with van der Waals surface area (Å²) >= 11 is 0. The van der Waals surface area contributed by atoms with E-state index >= 15 is 0 Å². The van der Waals surface area contributed by atoms with Crippen LogP contribution in [0, 0.1) is 30.1 Å². The summed E-state index contributed by atoms with van der Waals surface area (Å²) in [5.74, 6) is 2.08. The van der Waals surface area contributed by atoms with Gasteiger partial charge in [0.2, 0.25) is 0 Å². The molecular formula is C60H59N7. The number of anilines is 4. The number of hydrogen-bond donors (Lipinski definition) is 2. The number of para-hydroxylation sites is 2. The van der Waals surface area contributed by atoms with Gasteiger partial charge in [0.05, 0.1) is 22.5 Å². The maximum absolute atomic E-state index is 11.6. The van der Waals surface area contributed by atoms with Gasteiger partial charge in [-0.05, 0) is 147 Å². The number of rotatable bonds is 6. The molecule has 0 fully saturated rings. The van der Waals surface area contributed by atoms with Gasteiger partial charge in [-0.15, -0.1) is 0 Å². The predicted molar refractivity (Wildman–Crippen MR) is 275 cm³/mol. The van der Waals surface area contributed by atoms with Crippen molar-refractivity contribution in [2.24, 2.45) is 16.8 Å². The monoisotopic (exact) mass is 877 g/mol. The van der Waals surface area contributed by atoms with Crippen LogP contribution in [-0.4, -0.2) is 28.7 Å². The highest BCUT2D eigenvalue weighted by molar-refractivity contribution is 5.97. The lowest BCUT2D eigenvalue weighted by Gasteiger charge is -2.41. The first-order chi connectivity index (χ1) is 33.0. The molecule has 13 rings (SSSR count). The fourth-order valence-electron chi connectivity index (χ4n) is 13.3. The Balaban J connectivity index is 1.04. The molecule has 0 saturated heterocycles. The number of aliphatic imine (C=N–C) groups is 1. The molecule has 8 atom stereocenters. The Labute approximate surface area is 395 Å². The van der Waals surface area contributed by atoms with E-state index in [4.69, 9.17) is 4.99 Å². The van der Waals surface area contributed by atoms with Crippen molar-refractivity contribution in [2.45, 2.75) is 114 Å². The van der Waals surface area contributed by atoms with Crippen LogP contribution in [0.4, 0.5) is 22.7 Å². The van der Waals surface area contributed by atoms with Gasteiger partial charge in [0.25, 0.3) is 0 Å². The Morgan fingerprint density at radius 3 is 2.51 bits per heavy atom. The molecule has 0 bridgehead atoms. The van der Waals surface area contributed by atoms with E-state index in [0.717, 1.165) is 68.5 Å². The predicted octanol–water partition coefficient (Wildman–Crippen LogP) is 13.5. The van der Waals surface area contributed by atoms with Crippen molar-refractivity contribution in [2.75, 3.05) is 9.80 Å². The highest BCUT2D eigenvalue weighted by atomic mass is 15.3. The summed E-state index contributed by atoms with van der Waals surface area (Å²) in [6.45, 7) is 4.73. The van der Waals surface area contributed by atoms with Crippen LogP contribution in [0.3, 0.4) is 0 Å². The van der Waals surface area contributed by atoms with Crippen LogP contribution in [-0.2, 0) is 6.42 Å². The zero-order valence-electron chi connectivity index (χ0n) is 38.7. The van der Waals surface area contributed by atoms with Crippen LogP contribution in [0.5, 0.6) is 0 Å². The lowest BCUT2D eigenvalue weighted by atomic mass is 9.81. The van der Waals surface area contributed by atoms with Crippen molar-refractivity contribution >= 4 is 45.6 Å². The number of fused-ring (bicyclic) bond motifs is 9. The number of hydrogen-bond acceptors (Lipinski definition) is 6. The minimum absolute atomic E-state index is 0.137. The Bertz CT molecular complexity index is 3100. The van der Waals surface area contributed by atoms with Crippen molar-refractivity contribution in [1.29, 1.82) is 5.26 Å². The van der Waals surface area contributed by atoms with Crippen LogP contribution in [0.25, 0.3) is 22.7 Å². The van der Waals surface area contributed by atoms with Gasteiger partial charge in [0.1, 0.15) is 24.2 Å². The Kier molecular flexibility index (Phi) is 9.89. The zero-order chi connectivity index (χ0) is 44.8. The van der Waals surface area contributed by atoms with Gasteiger partial charge >= 0.3 is 0 Å². The molecule has 7 heteroatoms. The summed E-state index contributed by atoms with van der Waals surface area (Å²) < 4.78 is 2.49. The molecule has 0 radical (unpaired) electrons. The van der Waals surface area contributed by atoms with Gasteiger partial charge < -0.3 is 19.7 Å². The fraction of sp³-hybridized carbons (Fsp3) is 0.333. The summed E-state index contributed by atoms with van der Waals surface area (Å²) in [7, 11) is 0. The Morgan fingerprint density at radius 2 is 1.66 bits per heavy atom. The van der Waals surface area contributed by atoms with E-state index in [1.807, 2.05) is 0 Å². The molecule has 7 nitrogen and oxygen atoms in total. The van der Waals surface area contributed by atoms with E-state index in [-0.39, 0.29) is 42.2 Å². The van der Waals surface area contributed by atoms with Crippen LogP contribution in [0.15, 0.2) is 144 Å². The smallest absolute Gasteiger partial charge is 0.125 e. The van der Waals surface area contributed by atoms with Gasteiger partial charge in [0, 0.05) is 63.5 Å². The maximum Gasteiger partial charge on any atom is 0.125 e. The van der Waals surface area contributed by atoms with Crippen molar-refractivity contribution in [3.05, 3.63) is 178 Å². The molecule has 67 heavy (non-hydrogen) atoms. The second-order valence-corrected chi connectivity index (χ2v) is 20.3. The second kappa shape index (κ2) is 16.3. The van der Waals surface area contributed by atoms with Gasteiger partial charge in [-0.2, -0.15) is 5.26 Å². The molecule has 0 spiro atoms. The second-order valence-electron chi connectivity index (χ2n) is 20.3. The first kappa shape index (κ1) is 40.6. The summed E-state index contributed by atoms with van der Waals surface area (Å²) in [6.07, 6.45) is 35.9. The third kappa shape index (κ3) is 6.50. The SMILES string of the molecule is Cc1cccc2c1N(c1cc(N3c4cc5c6c(n(-c7ccccc7)c5cc4C4C=CCCC43)C=CCC6)c(C#N)cc1C1NC(C3C=CC=CC3)=NC(C3=CCCCC3)N1)C1C(C)CC=CC21. The van der Waals surface area contributed by atoms with Gasteiger partial charge in [-0.25, -0.2) is 4.99 Å². The number of benzene rings is 4. The Hall–Kier alpha value is -6.62. The van der Waals surface area contributed by atoms with Crippen LogP contribution in [0.1, 0.15) is 122 Å². The standard InChI is InChI=1S/C60H59N7/c1-37-18-16-28-45-46-29-17-19-38(2)57(46)67(56(37)45)55-35-52(41(36-61)32-49(55)60-63-58(39-20-6-3-7-21-39)62-59(64-60)40-22-8-4-9-23-40)66-51-31-15-13-27-44(51)48-33-53-47(34-54(48)66)43-26-12-14-30-50(43)65(53)42-24-10-5-11-25-42/h3,5-7,10-11,13-14,16-18,20,22,24-25,27-30,32-35,38-39,44,46,51,57,59-60,64H,4,8-9,12,15,19,21,23,26,31H2,1-2H3,(H,62,63). The summed E-state index contributed by atoms with van der Waals surface area (Å²) in [4.78, 5) is 10.8. The highest BCUT2D eigenvalue weighted by Crippen LogP contribution is 2.57. The summed E-state index contributed by atoms with van der Waals surface area (Å²) in [6, 6.07) is 30.7. The minimum Gasteiger partial charge on any atom is -0.354 e. The number of amidine groups is 1. The average molecular weight is 878 g/mol. The maximum atomic E-state index is 11.6. The van der Waals surface area contributed by atoms with E-state index in [0.29, 0.717) is 11.5 Å². The molecule has 0 amide bonds. The number of aryl methyl sites for hydroxylation is 2. The molecule has 8 aliphatic rings. The highest BCUT2D eigenvalue weighted by Gasteiger charge is 2.46. The average Bonchev–Trinajstić information content (AvgIpc) is 4.02. The largest absolute Gasteiger partial charge is 0.354 e. The minimum atomic E-state index is -0.273. The van der Waals surface area contributed by atoms with E-state index in [1.165, 1.54) is 80.0 Å². The summed E-state index contributed by atoms with van der Waals surface area (Å²) in [5, 5.41) is 21.0. The number of nitrogens with one attached hydrogen (secondary N) is 2. The number of nitrogens with zero attached hydrogens (tertiary/aromatic N) is 5. The first-order valence-corrected chi connectivity index (χ1v) is 25.2. The molecule has 5 aliphatic carbocycles. The lowest BCUT2D eigenvalue weighted by molar-refractivity contribution is 0.404. The fourth-order valence-corrected chi connectivity index (χ4v) is 13.3. The molecule has 1 aromatic heterocycles. The van der Waals surface area contributed by atoms with Crippen LogP contribution >= 0.6 is 0 Å². The molecule has 0 saturated carbocycles. The van der Waals surface area contributed by atoms with Gasteiger partial charge in [-0.3, -0.25) is 5.32 Å². The number of nitriles is 1. The van der Waals surface area contributed by atoms with Crippen molar-refractivity contribution in [3.63, 3.8) is 0 Å². The Morgan fingerprint density at radius 1 is 0.761 bits per heavy atom. The molecule has 4 heterocycles. The van der Waals surface area contributed by atoms with Crippen molar-refractivity contribution in [1.82, 2.24) is 15.2 Å². The lowest BCUT2D eigenvalue weighted by Crippen LogP contribution is -2.51. The number of allylic oxidation sites excluding steroid dienone is 7. The molecule has 8 unspecified atom stereocenters. The first-order valence-electron chi connectivity index (χ1n) is 25.2. The molecule has 5 aromatic rings. The van der Waals surface area contributed by atoms with E-state index in [2.05, 4.69) is 185 Å². The zero-order valence-corrected chi connectivity index (χ0v) is 38.7. The molecule has 3 aliphatic heterocycles.